The van der Waals surface area contributed by atoms with Gasteiger partial charge in [-0.25, -0.2) is 4.98 Å². The molecule has 3 rings (SSSR count). The molecule has 4 heteroatoms. The third-order valence-electron chi connectivity index (χ3n) is 3.26. The number of fused-ring (bicyclic) bond motifs is 3. The van der Waals surface area contributed by atoms with E-state index < -0.39 is 0 Å². The number of hydrogen-bond donors (Lipinski definition) is 1. The van der Waals surface area contributed by atoms with E-state index in [2.05, 4.69) is 17.4 Å². The first-order valence-corrected chi connectivity index (χ1v) is 6.94. The molecule has 1 N–H and O–H groups in total. The van der Waals surface area contributed by atoms with Crippen LogP contribution in [0, 0.1) is 0 Å². The highest BCUT2D eigenvalue weighted by atomic mass is 32.1. The minimum absolute atomic E-state index is 0.844. The third-order valence-corrected chi connectivity index (χ3v) is 4.38. The van der Waals surface area contributed by atoms with E-state index in [-0.39, 0.29) is 0 Å². The van der Waals surface area contributed by atoms with E-state index in [1.54, 1.807) is 7.11 Å². The summed E-state index contributed by atoms with van der Waals surface area (Å²) >= 11 is 1.82. The molecule has 0 atom stereocenters. The van der Waals surface area contributed by atoms with Gasteiger partial charge < -0.3 is 10.1 Å². The highest BCUT2D eigenvalue weighted by Crippen LogP contribution is 2.38. The highest BCUT2D eigenvalue weighted by Gasteiger charge is 2.21. The Balaban J connectivity index is 2.08. The van der Waals surface area contributed by atoms with Crippen molar-refractivity contribution in [1.29, 1.82) is 0 Å². The van der Waals surface area contributed by atoms with Crippen LogP contribution in [0.15, 0.2) is 18.2 Å². The second-order valence-electron chi connectivity index (χ2n) is 4.43. The molecule has 1 heterocycles. The molecule has 2 aromatic rings. The first-order chi connectivity index (χ1) is 8.81. The van der Waals surface area contributed by atoms with Gasteiger partial charge in [0.1, 0.15) is 10.8 Å². The van der Waals surface area contributed by atoms with E-state index in [4.69, 9.17) is 9.72 Å². The second-order valence-corrected chi connectivity index (χ2v) is 5.60. The lowest BCUT2D eigenvalue weighted by Crippen LogP contribution is -2.04. The number of hydrogen-bond acceptors (Lipinski definition) is 4. The molecule has 0 spiro atoms. The van der Waals surface area contributed by atoms with Crippen molar-refractivity contribution in [3.8, 4) is 17.0 Å². The van der Waals surface area contributed by atoms with Crippen molar-refractivity contribution in [2.45, 2.75) is 19.4 Å². The van der Waals surface area contributed by atoms with Crippen LogP contribution in [0.2, 0.25) is 0 Å². The SMILES string of the molecule is CNCc1nc2c(s1)CCc1ccc(OC)cc1-2. The predicted molar refractivity (Wildman–Crippen MR) is 74.3 cm³/mol. The molecule has 18 heavy (non-hydrogen) atoms. The quantitative estimate of drug-likeness (QED) is 0.921. The average Bonchev–Trinajstić information content (AvgIpc) is 2.81. The van der Waals surface area contributed by atoms with Crippen molar-refractivity contribution in [2.75, 3.05) is 14.2 Å². The zero-order valence-electron chi connectivity index (χ0n) is 10.6. The van der Waals surface area contributed by atoms with Gasteiger partial charge in [-0.1, -0.05) is 6.07 Å². The van der Waals surface area contributed by atoms with E-state index in [1.165, 1.54) is 16.0 Å². The monoisotopic (exact) mass is 260 g/mol. The fraction of sp³-hybridized carbons (Fsp3) is 0.357. The Morgan fingerprint density at radius 2 is 2.28 bits per heavy atom. The summed E-state index contributed by atoms with van der Waals surface area (Å²) in [5, 5.41) is 4.33. The number of rotatable bonds is 3. The van der Waals surface area contributed by atoms with E-state index in [9.17, 15) is 0 Å². The molecule has 3 nitrogen and oxygen atoms in total. The summed E-state index contributed by atoms with van der Waals surface area (Å²) in [6.07, 6.45) is 2.21. The van der Waals surface area contributed by atoms with E-state index in [0.29, 0.717) is 0 Å². The summed E-state index contributed by atoms with van der Waals surface area (Å²) < 4.78 is 5.31. The van der Waals surface area contributed by atoms with Crippen LogP contribution >= 0.6 is 11.3 Å². The van der Waals surface area contributed by atoms with Crippen molar-refractivity contribution in [2.24, 2.45) is 0 Å². The molecule has 0 unspecified atom stereocenters. The molecule has 1 aliphatic carbocycles. The van der Waals surface area contributed by atoms with Crippen LogP contribution in [0.25, 0.3) is 11.3 Å². The second kappa shape index (κ2) is 4.71. The predicted octanol–water partition coefficient (Wildman–Crippen LogP) is 2.64. The molecule has 1 aromatic heterocycles. The van der Waals surface area contributed by atoms with Gasteiger partial charge in [-0.15, -0.1) is 11.3 Å². The van der Waals surface area contributed by atoms with Crippen molar-refractivity contribution < 1.29 is 4.74 Å². The first kappa shape index (κ1) is 11.7. The maximum atomic E-state index is 5.31. The van der Waals surface area contributed by atoms with Crippen LogP contribution in [-0.4, -0.2) is 19.1 Å². The van der Waals surface area contributed by atoms with E-state index >= 15 is 0 Å². The standard InChI is InChI=1S/C14H16N2OS/c1-15-8-13-16-14-11-7-10(17-2)5-3-9(11)4-6-12(14)18-13/h3,5,7,15H,4,6,8H2,1-2H3. The van der Waals surface area contributed by atoms with Gasteiger partial charge in [0.15, 0.2) is 0 Å². The van der Waals surface area contributed by atoms with Crippen LogP contribution in [0.1, 0.15) is 15.4 Å². The maximum Gasteiger partial charge on any atom is 0.119 e. The summed E-state index contributed by atoms with van der Waals surface area (Å²) in [6, 6.07) is 6.30. The third kappa shape index (κ3) is 1.91. The molecule has 94 valence electrons. The molecule has 1 aliphatic rings. The maximum absolute atomic E-state index is 5.31. The molecule has 0 saturated carbocycles. The van der Waals surface area contributed by atoms with Crippen LogP contribution in [0.4, 0.5) is 0 Å². The molecule has 0 bridgehead atoms. The van der Waals surface area contributed by atoms with Crippen molar-refractivity contribution >= 4 is 11.3 Å². The zero-order chi connectivity index (χ0) is 12.5. The molecule has 0 aliphatic heterocycles. The van der Waals surface area contributed by atoms with Gasteiger partial charge in [-0.3, -0.25) is 0 Å². The van der Waals surface area contributed by atoms with Gasteiger partial charge in [0, 0.05) is 17.0 Å². The van der Waals surface area contributed by atoms with Gasteiger partial charge in [-0.2, -0.15) is 0 Å². The fourth-order valence-electron chi connectivity index (χ4n) is 2.38. The molecular weight excluding hydrogens is 244 g/mol. The van der Waals surface area contributed by atoms with Crippen molar-refractivity contribution in [1.82, 2.24) is 10.3 Å². The van der Waals surface area contributed by atoms with Gasteiger partial charge in [-0.05, 0) is 37.6 Å². The normalized spacial score (nSPS) is 13.0. The summed E-state index contributed by atoms with van der Waals surface area (Å²) in [7, 11) is 3.66. The minimum Gasteiger partial charge on any atom is -0.497 e. The average molecular weight is 260 g/mol. The Labute approximate surface area is 111 Å². The number of aryl methyl sites for hydroxylation is 2. The number of thiazole rings is 1. The largest absolute Gasteiger partial charge is 0.497 e. The van der Waals surface area contributed by atoms with Gasteiger partial charge in [0.2, 0.25) is 0 Å². The highest BCUT2D eigenvalue weighted by molar-refractivity contribution is 7.12. The summed E-state index contributed by atoms with van der Waals surface area (Å²) in [5.41, 5.74) is 3.78. The molecular formula is C14H16N2OS. The number of ether oxygens (including phenoxy) is 1. The van der Waals surface area contributed by atoms with E-state index in [0.717, 1.165) is 35.8 Å². The van der Waals surface area contributed by atoms with Crippen LogP contribution < -0.4 is 10.1 Å². The molecule has 0 radical (unpaired) electrons. The Hall–Kier alpha value is -1.39. The van der Waals surface area contributed by atoms with Crippen molar-refractivity contribution in [3.63, 3.8) is 0 Å². The summed E-state index contributed by atoms with van der Waals surface area (Å²) in [4.78, 5) is 6.16. The molecule has 0 fully saturated rings. The number of nitrogens with zero attached hydrogens (tertiary/aromatic N) is 1. The molecule has 1 aromatic carbocycles. The lowest BCUT2D eigenvalue weighted by atomic mass is 9.93. The molecule has 0 saturated heterocycles. The van der Waals surface area contributed by atoms with Crippen LogP contribution in [0.3, 0.4) is 0 Å². The van der Waals surface area contributed by atoms with Gasteiger partial charge in [0.25, 0.3) is 0 Å². The molecule has 0 amide bonds. The number of benzene rings is 1. The number of methoxy groups -OCH3 is 1. The Morgan fingerprint density at radius 3 is 3.06 bits per heavy atom. The van der Waals surface area contributed by atoms with E-state index in [1.807, 2.05) is 24.5 Å². The van der Waals surface area contributed by atoms with Crippen LogP contribution in [0.5, 0.6) is 5.75 Å². The lowest BCUT2D eigenvalue weighted by Gasteiger charge is -2.15. The van der Waals surface area contributed by atoms with Crippen LogP contribution in [-0.2, 0) is 19.4 Å². The smallest absolute Gasteiger partial charge is 0.119 e. The summed E-state index contributed by atoms with van der Waals surface area (Å²) in [6.45, 7) is 0.844. The van der Waals surface area contributed by atoms with Gasteiger partial charge >= 0.3 is 0 Å². The Morgan fingerprint density at radius 1 is 1.39 bits per heavy atom. The first-order valence-electron chi connectivity index (χ1n) is 6.12. The summed E-state index contributed by atoms with van der Waals surface area (Å²) in [5.74, 6) is 0.907. The zero-order valence-corrected chi connectivity index (χ0v) is 11.4. The lowest BCUT2D eigenvalue weighted by molar-refractivity contribution is 0.415. The number of aromatic nitrogens is 1. The Bertz CT molecular complexity index is 577. The number of nitrogens with one attached hydrogen (secondary N) is 1. The van der Waals surface area contributed by atoms with Gasteiger partial charge in [0.05, 0.1) is 12.8 Å². The minimum atomic E-state index is 0.844. The topological polar surface area (TPSA) is 34.2 Å². The Kier molecular flexibility index (Phi) is 3.06. The fourth-order valence-corrected chi connectivity index (χ4v) is 3.47. The van der Waals surface area contributed by atoms with Crippen molar-refractivity contribution in [3.05, 3.63) is 33.6 Å².